The molecule has 0 aromatic heterocycles. The summed E-state index contributed by atoms with van der Waals surface area (Å²) in [6.45, 7) is 0.690. The minimum absolute atomic E-state index is 0.0706. The summed E-state index contributed by atoms with van der Waals surface area (Å²) in [5.74, 6) is -0.365. The van der Waals surface area contributed by atoms with Gasteiger partial charge in [-0.15, -0.1) is 0 Å². The third-order valence-corrected chi connectivity index (χ3v) is 6.01. The average molecular weight is 467 g/mol. The van der Waals surface area contributed by atoms with Crippen LogP contribution < -0.4 is 10.6 Å². The molecule has 7 nitrogen and oxygen atoms in total. The molecule has 0 radical (unpaired) electrons. The normalized spacial score (nSPS) is 14.6. The van der Waals surface area contributed by atoms with Crippen molar-refractivity contribution in [3.63, 3.8) is 0 Å². The summed E-state index contributed by atoms with van der Waals surface area (Å²) >= 11 is 0. The third kappa shape index (κ3) is 9.25. The van der Waals surface area contributed by atoms with Gasteiger partial charge in [0.1, 0.15) is 19.3 Å². The molecule has 1 aliphatic carbocycles. The summed E-state index contributed by atoms with van der Waals surface area (Å²) in [6, 6.07) is 17.5. The van der Waals surface area contributed by atoms with Crippen molar-refractivity contribution in [2.24, 2.45) is 5.92 Å². The zero-order chi connectivity index (χ0) is 24.0. The molecule has 1 aliphatic rings. The van der Waals surface area contributed by atoms with Crippen molar-refractivity contribution in [2.45, 2.75) is 64.2 Å². The van der Waals surface area contributed by atoms with Gasteiger partial charge in [0, 0.05) is 6.54 Å². The number of carbonyl (C=O) groups is 3. The van der Waals surface area contributed by atoms with E-state index in [-0.39, 0.29) is 19.6 Å². The molecule has 1 fully saturated rings. The largest absolute Gasteiger partial charge is 0.461 e. The van der Waals surface area contributed by atoms with E-state index in [2.05, 4.69) is 10.6 Å². The van der Waals surface area contributed by atoms with Crippen LogP contribution in [0.15, 0.2) is 60.7 Å². The Labute approximate surface area is 201 Å². The molecule has 0 saturated heterocycles. The summed E-state index contributed by atoms with van der Waals surface area (Å²) in [6.07, 6.45) is 6.01. The summed E-state index contributed by atoms with van der Waals surface area (Å²) < 4.78 is 10.5. The first-order valence-corrected chi connectivity index (χ1v) is 12.0. The highest BCUT2D eigenvalue weighted by molar-refractivity contribution is 5.89. The van der Waals surface area contributed by atoms with Crippen LogP contribution in [0.2, 0.25) is 0 Å². The third-order valence-electron chi connectivity index (χ3n) is 6.01. The Morgan fingerprint density at radius 3 is 2.03 bits per heavy atom. The Hall–Kier alpha value is -3.35. The topological polar surface area (TPSA) is 93.7 Å². The second-order valence-electron chi connectivity index (χ2n) is 8.69. The van der Waals surface area contributed by atoms with Crippen LogP contribution in [0, 0.1) is 5.92 Å². The Kier molecular flexibility index (Phi) is 10.4. The van der Waals surface area contributed by atoms with E-state index in [9.17, 15) is 14.4 Å². The van der Waals surface area contributed by atoms with Crippen molar-refractivity contribution in [1.29, 1.82) is 0 Å². The van der Waals surface area contributed by atoms with E-state index in [1.807, 2.05) is 60.7 Å². The molecule has 1 saturated carbocycles. The zero-order valence-electron chi connectivity index (χ0n) is 19.5. The second kappa shape index (κ2) is 14.0. The first kappa shape index (κ1) is 25.3. The number of ether oxygens (including phenoxy) is 2. The van der Waals surface area contributed by atoms with Crippen LogP contribution >= 0.6 is 0 Å². The van der Waals surface area contributed by atoms with E-state index in [4.69, 9.17) is 9.47 Å². The van der Waals surface area contributed by atoms with Crippen LogP contribution in [0.5, 0.6) is 0 Å². The lowest BCUT2D eigenvalue weighted by Gasteiger charge is -2.22. The van der Waals surface area contributed by atoms with Crippen LogP contribution in [-0.2, 0) is 32.3 Å². The molecular weight excluding hydrogens is 432 g/mol. The summed E-state index contributed by atoms with van der Waals surface area (Å²) in [7, 11) is 0. The minimum Gasteiger partial charge on any atom is -0.461 e. The average Bonchev–Trinajstić information content (AvgIpc) is 2.87. The van der Waals surface area contributed by atoms with Gasteiger partial charge >= 0.3 is 12.1 Å². The highest BCUT2D eigenvalue weighted by Gasteiger charge is 2.25. The van der Waals surface area contributed by atoms with Crippen molar-refractivity contribution in [1.82, 2.24) is 10.6 Å². The van der Waals surface area contributed by atoms with E-state index < -0.39 is 24.0 Å². The van der Waals surface area contributed by atoms with Gasteiger partial charge in [0.2, 0.25) is 5.91 Å². The highest BCUT2D eigenvalue weighted by Crippen LogP contribution is 2.25. The monoisotopic (exact) mass is 466 g/mol. The van der Waals surface area contributed by atoms with Gasteiger partial charge in [0.25, 0.3) is 0 Å². The summed E-state index contributed by atoms with van der Waals surface area (Å²) in [5.41, 5.74) is 1.67. The number of carbonyl (C=O) groups excluding carboxylic acids is 3. The zero-order valence-corrected chi connectivity index (χ0v) is 19.5. The number of amides is 2. The molecule has 3 rings (SSSR count). The van der Waals surface area contributed by atoms with Crippen molar-refractivity contribution in [3.05, 3.63) is 71.8 Å². The van der Waals surface area contributed by atoms with Gasteiger partial charge in [-0.1, -0.05) is 92.8 Å². The number of nitrogens with one attached hydrogen (secondary N) is 2. The molecule has 1 atom stereocenters. The van der Waals surface area contributed by atoms with E-state index in [0.717, 1.165) is 17.5 Å². The van der Waals surface area contributed by atoms with Crippen LogP contribution in [-0.4, -0.2) is 30.6 Å². The predicted molar refractivity (Wildman–Crippen MR) is 129 cm³/mol. The van der Waals surface area contributed by atoms with Gasteiger partial charge < -0.3 is 20.1 Å². The Bertz CT molecular complexity index is 840. The molecule has 2 aromatic rings. The van der Waals surface area contributed by atoms with Crippen molar-refractivity contribution < 1.29 is 23.9 Å². The summed E-state index contributed by atoms with van der Waals surface area (Å²) in [4.78, 5) is 37.6. The number of hydrogen-bond donors (Lipinski definition) is 2. The molecule has 2 amide bonds. The SMILES string of the molecule is O=C(CC(NC(=O)OCc1ccccc1)C(=O)NCCC1CCCCC1)OCc1ccccc1. The van der Waals surface area contributed by atoms with Crippen LogP contribution in [0.25, 0.3) is 0 Å². The molecule has 0 spiro atoms. The molecular formula is C27H34N2O5. The van der Waals surface area contributed by atoms with Gasteiger partial charge in [-0.05, 0) is 23.5 Å². The van der Waals surface area contributed by atoms with E-state index in [0.29, 0.717) is 12.5 Å². The van der Waals surface area contributed by atoms with Crippen molar-refractivity contribution in [3.8, 4) is 0 Å². The summed E-state index contributed by atoms with van der Waals surface area (Å²) in [5, 5.41) is 5.40. The smallest absolute Gasteiger partial charge is 0.408 e. The van der Waals surface area contributed by atoms with Gasteiger partial charge in [-0.2, -0.15) is 0 Å². The number of esters is 1. The maximum atomic E-state index is 12.8. The number of rotatable bonds is 11. The lowest BCUT2D eigenvalue weighted by molar-refractivity contribution is -0.147. The van der Waals surface area contributed by atoms with Gasteiger partial charge in [-0.25, -0.2) is 4.79 Å². The maximum Gasteiger partial charge on any atom is 0.408 e. The van der Waals surface area contributed by atoms with E-state index in [1.54, 1.807) is 0 Å². The predicted octanol–water partition coefficient (Wildman–Crippen LogP) is 4.50. The molecule has 2 aromatic carbocycles. The fourth-order valence-corrected chi connectivity index (χ4v) is 4.08. The first-order valence-electron chi connectivity index (χ1n) is 12.0. The fraction of sp³-hybridized carbons (Fsp3) is 0.444. The molecule has 0 aliphatic heterocycles. The Morgan fingerprint density at radius 1 is 0.824 bits per heavy atom. The Balaban J connectivity index is 1.50. The van der Waals surface area contributed by atoms with Crippen LogP contribution in [0.1, 0.15) is 56.1 Å². The van der Waals surface area contributed by atoms with Crippen molar-refractivity contribution in [2.75, 3.05) is 6.54 Å². The first-order chi connectivity index (χ1) is 16.6. The molecule has 1 unspecified atom stereocenters. The Morgan fingerprint density at radius 2 is 1.41 bits per heavy atom. The van der Waals surface area contributed by atoms with E-state index >= 15 is 0 Å². The number of benzene rings is 2. The highest BCUT2D eigenvalue weighted by atomic mass is 16.5. The lowest BCUT2D eigenvalue weighted by Crippen LogP contribution is -2.48. The lowest BCUT2D eigenvalue weighted by atomic mass is 9.87. The van der Waals surface area contributed by atoms with Crippen LogP contribution in [0.4, 0.5) is 4.79 Å². The number of hydrogen-bond acceptors (Lipinski definition) is 5. The quantitative estimate of drug-likeness (QED) is 0.476. The van der Waals surface area contributed by atoms with Crippen molar-refractivity contribution >= 4 is 18.0 Å². The molecule has 7 heteroatoms. The standard InChI is InChI=1S/C27H34N2O5/c30-25(33-19-22-12-6-2-7-13-22)18-24(26(31)28-17-16-21-10-4-1-5-11-21)29-27(32)34-20-23-14-8-3-9-15-23/h2-3,6-9,12-15,21,24H,1,4-5,10-11,16-20H2,(H,28,31)(H,29,32). The van der Waals surface area contributed by atoms with Crippen LogP contribution in [0.3, 0.4) is 0 Å². The second-order valence-corrected chi connectivity index (χ2v) is 8.69. The molecule has 2 N–H and O–H groups in total. The molecule has 182 valence electrons. The molecule has 0 heterocycles. The van der Waals surface area contributed by atoms with Gasteiger partial charge in [0.15, 0.2) is 0 Å². The van der Waals surface area contributed by atoms with Gasteiger partial charge in [0.05, 0.1) is 6.42 Å². The minimum atomic E-state index is -1.07. The number of alkyl carbamates (subject to hydrolysis) is 1. The fourth-order valence-electron chi connectivity index (χ4n) is 4.08. The molecule has 34 heavy (non-hydrogen) atoms. The van der Waals surface area contributed by atoms with E-state index in [1.165, 1.54) is 32.1 Å². The van der Waals surface area contributed by atoms with Gasteiger partial charge in [-0.3, -0.25) is 9.59 Å². The molecule has 0 bridgehead atoms. The maximum absolute atomic E-state index is 12.8.